The van der Waals surface area contributed by atoms with E-state index < -0.39 is 6.04 Å². The zero-order valence-corrected chi connectivity index (χ0v) is 15.3. The van der Waals surface area contributed by atoms with Crippen molar-refractivity contribution in [3.8, 4) is 5.75 Å². The third-order valence-corrected chi connectivity index (χ3v) is 6.05. The van der Waals surface area contributed by atoms with E-state index in [9.17, 15) is 9.59 Å². The molecule has 2 amide bonds. The van der Waals surface area contributed by atoms with Crippen molar-refractivity contribution < 1.29 is 14.3 Å². The van der Waals surface area contributed by atoms with E-state index in [1.807, 2.05) is 29.2 Å². The molecule has 0 bridgehead atoms. The maximum Gasteiger partial charge on any atom is 0.261 e. The molecular weight excluding hydrogens is 328 g/mol. The van der Waals surface area contributed by atoms with Crippen LogP contribution in [0.25, 0.3) is 0 Å². The fourth-order valence-electron chi connectivity index (χ4n) is 4.74. The molecule has 1 aliphatic heterocycles. The monoisotopic (exact) mass is 356 g/mol. The maximum atomic E-state index is 13.3. The van der Waals surface area contributed by atoms with E-state index in [0.717, 1.165) is 44.1 Å². The Morgan fingerprint density at radius 1 is 1.00 bits per heavy atom. The first kappa shape index (κ1) is 17.4. The Morgan fingerprint density at radius 2 is 1.69 bits per heavy atom. The van der Waals surface area contributed by atoms with E-state index in [-0.39, 0.29) is 30.5 Å². The van der Waals surface area contributed by atoms with Gasteiger partial charge in [0, 0.05) is 17.6 Å². The van der Waals surface area contributed by atoms with Crippen LogP contribution >= 0.6 is 0 Å². The van der Waals surface area contributed by atoms with Crippen LogP contribution in [0, 0.1) is 0 Å². The number of ether oxygens (including phenoxy) is 1. The minimum Gasteiger partial charge on any atom is -0.483 e. The van der Waals surface area contributed by atoms with Crippen LogP contribution in [0.1, 0.15) is 69.4 Å². The van der Waals surface area contributed by atoms with Gasteiger partial charge in [0.2, 0.25) is 5.91 Å². The van der Waals surface area contributed by atoms with Crippen molar-refractivity contribution in [1.29, 1.82) is 0 Å². The first-order chi connectivity index (χ1) is 12.7. The van der Waals surface area contributed by atoms with E-state index >= 15 is 0 Å². The molecule has 1 heterocycles. The largest absolute Gasteiger partial charge is 0.483 e. The minimum absolute atomic E-state index is 0.0146. The molecule has 2 fully saturated rings. The molecule has 1 N–H and O–H groups in total. The molecule has 0 radical (unpaired) electrons. The van der Waals surface area contributed by atoms with Crippen LogP contribution in [0.15, 0.2) is 24.3 Å². The van der Waals surface area contributed by atoms with Gasteiger partial charge in [-0.15, -0.1) is 0 Å². The van der Waals surface area contributed by atoms with Crippen molar-refractivity contribution in [2.24, 2.45) is 0 Å². The summed E-state index contributed by atoms with van der Waals surface area (Å²) < 4.78 is 5.76. The quantitative estimate of drug-likeness (QED) is 0.904. The lowest BCUT2D eigenvalue weighted by atomic mass is 9.91. The second-order valence-electron chi connectivity index (χ2n) is 7.81. The lowest BCUT2D eigenvalue weighted by Crippen LogP contribution is -2.50. The van der Waals surface area contributed by atoms with Gasteiger partial charge in [-0.1, -0.05) is 50.3 Å². The molecule has 5 nitrogen and oxygen atoms in total. The second-order valence-corrected chi connectivity index (χ2v) is 7.81. The van der Waals surface area contributed by atoms with E-state index in [2.05, 4.69) is 5.32 Å². The van der Waals surface area contributed by atoms with Gasteiger partial charge in [0.1, 0.15) is 11.8 Å². The van der Waals surface area contributed by atoms with Crippen molar-refractivity contribution >= 4 is 11.8 Å². The van der Waals surface area contributed by atoms with Crippen LogP contribution in [-0.4, -0.2) is 35.4 Å². The van der Waals surface area contributed by atoms with Crippen molar-refractivity contribution in [2.45, 2.75) is 75.9 Å². The van der Waals surface area contributed by atoms with Crippen LogP contribution in [0.2, 0.25) is 0 Å². The number of nitrogens with one attached hydrogen (secondary N) is 1. The van der Waals surface area contributed by atoms with E-state index in [0.29, 0.717) is 5.75 Å². The standard InChI is InChI=1S/C21H28N2O3/c24-19-14-26-18-13-7-6-12-17(18)20(21(25)22-15-8-4-5-9-15)23(19)16-10-2-1-3-11-16/h6-7,12-13,15-16,20H,1-5,8-11,14H2,(H,22,25). The number of rotatable bonds is 3. The summed E-state index contributed by atoms with van der Waals surface area (Å²) in [5.74, 6) is 0.541. The van der Waals surface area contributed by atoms with Crippen LogP contribution in [-0.2, 0) is 9.59 Å². The van der Waals surface area contributed by atoms with Crippen molar-refractivity contribution in [3.63, 3.8) is 0 Å². The van der Waals surface area contributed by atoms with Crippen LogP contribution in [0.3, 0.4) is 0 Å². The zero-order chi connectivity index (χ0) is 17.9. The molecule has 4 rings (SSSR count). The average Bonchev–Trinajstić information content (AvgIpc) is 3.12. The summed E-state index contributed by atoms with van der Waals surface area (Å²) in [6, 6.07) is 7.40. The zero-order valence-electron chi connectivity index (χ0n) is 15.3. The summed E-state index contributed by atoms with van der Waals surface area (Å²) in [6.45, 7) is 0.0146. The van der Waals surface area contributed by atoms with E-state index in [1.165, 1.54) is 19.3 Å². The normalized spacial score (nSPS) is 24.7. The highest BCUT2D eigenvalue weighted by molar-refractivity contribution is 5.91. The molecule has 140 valence electrons. The molecule has 0 spiro atoms. The molecule has 1 aromatic carbocycles. The number of para-hydroxylation sites is 1. The number of benzene rings is 1. The Hall–Kier alpha value is -2.04. The molecule has 2 aliphatic carbocycles. The molecule has 3 aliphatic rings. The number of hydrogen-bond acceptors (Lipinski definition) is 3. The molecular formula is C21H28N2O3. The molecule has 1 atom stereocenters. The second kappa shape index (κ2) is 7.68. The number of amides is 2. The summed E-state index contributed by atoms with van der Waals surface area (Å²) in [5, 5.41) is 3.22. The predicted octanol–water partition coefficient (Wildman–Crippen LogP) is 3.34. The third kappa shape index (κ3) is 3.44. The van der Waals surface area contributed by atoms with Crippen LogP contribution in [0.4, 0.5) is 0 Å². The lowest BCUT2D eigenvalue weighted by molar-refractivity contribution is -0.145. The Kier molecular flexibility index (Phi) is 5.14. The van der Waals surface area contributed by atoms with Gasteiger partial charge in [-0.3, -0.25) is 9.59 Å². The minimum atomic E-state index is -0.579. The Bertz CT molecular complexity index is 663. The van der Waals surface area contributed by atoms with Crippen LogP contribution < -0.4 is 10.1 Å². The molecule has 26 heavy (non-hydrogen) atoms. The van der Waals surface area contributed by atoms with Gasteiger partial charge in [0.25, 0.3) is 5.91 Å². The number of carbonyl (C=O) groups excluding carboxylic acids is 2. The molecule has 2 saturated carbocycles. The lowest BCUT2D eigenvalue weighted by Gasteiger charge is -2.38. The highest BCUT2D eigenvalue weighted by atomic mass is 16.5. The fraction of sp³-hybridized carbons (Fsp3) is 0.619. The third-order valence-electron chi connectivity index (χ3n) is 6.05. The summed E-state index contributed by atoms with van der Waals surface area (Å²) in [7, 11) is 0. The smallest absolute Gasteiger partial charge is 0.261 e. The predicted molar refractivity (Wildman–Crippen MR) is 98.8 cm³/mol. The summed E-state index contributed by atoms with van der Waals surface area (Å²) in [4.78, 5) is 28.1. The Labute approximate surface area is 155 Å². The van der Waals surface area contributed by atoms with Gasteiger partial charge in [0.15, 0.2) is 6.61 Å². The van der Waals surface area contributed by atoms with Crippen molar-refractivity contribution in [3.05, 3.63) is 29.8 Å². The van der Waals surface area contributed by atoms with Gasteiger partial charge in [-0.05, 0) is 31.7 Å². The molecule has 1 aromatic rings. The van der Waals surface area contributed by atoms with Gasteiger partial charge in [-0.2, -0.15) is 0 Å². The number of fused-ring (bicyclic) bond motifs is 1. The number of nitrogens with zero attached hydrogens (tertiary/aromatic N) is 1. The summed E-state index contributed by atoms with van der Waals surface area (Å²) in [6.07, 6.45) is 9.80. The first-order valence-electron chi connectivity index (χ1n) is 10.1. The van der Waals surface area contributed by atoms with E-state index in [4.69, 9.17) is 4.74 Å². The maximum absolute atomic E-state index is 13.3. The van der Waals surface area contributed by atoms with Crippen LogP contribution in [0.5, 0.6) is 5.75 Å². The molecule has 0 saturated heterocycles. The fourth-order valence-corrected chi connectivity index (χ4v) is 4.74. The number of hydrogen-bond donors (Lipinski definition) is 1. The van der Waals surface area contributed by atoms with Gasteiger partial charge >= 0.3 is 0 Å². The molecule has 5 heteroatoms. The first-order valence-corrected chi connectivity index (χ1v) is 10.1. The topological polar surface area (TPSA) is 58.6 Å². The highest BCUT2D eigenvalue weighted by Crippen LogP contribution is 2.37. The van der Waals surface area contributed by atoms with Gasteiger partial charge in [0.05, 0.1) is 0 Å². The van der Waals surface area contributed by atoms with Gasteiger partial charge < -0.3 is 15.0 Å². The van der Waals surface area contributed by atoms with Crippen molar-refractivity contribution in [2.75, 3.05) is 6.61 Å². The number of carbonyl (C=O) groups is 2. The SMILES string of the molecule is O=C(NC1CCCC1)C1c2ccccc2OCC(=O)N1C1CCCCC1. The summed E-state index contributed by atoms with van der Waals surface area (Å²) in [5.41, 5.74) is 0.819. The summed E-state index contributed by atoms with van der Waals surface area (Å²) >= 11 is 0. The van der Waals surface area contributed by atoms with E-state index in [1.54, 1.807) is 0 Å². The highest BCUT2D eigenvalue weighted by Gasteiger charge is 2.40. The van der Waals surface area contributed by atoms with Crippen molar-refractivity contribution in [1.82, 2.24) is 10.2 Å². The molecule has 1 unspecified atom stereocenters. The Balaban J connectivity index is 1.68. The Morgan fingerprint density at radius 3 is 2.46 bits per heavy atom. The molecule has 0 aromatic heterocycles. The van der Waals surface area contributed by atoms with Gasteiger partial charge in [-0.25, -0.2) is 0 Å². The average molecular weight is 356 g/mol.